The van der Waals surface area contributed by atoms with Crippen molar-refractivity contribution in [3.8, 4) is 11.5 Å². The van der Waals surface area contributed by atoms with Gasteiger partial charge in [-0.1, -0.05) is 27.2 Å². The number of hydrogen-bond acceptors (Lipinski definition) is 3. The average Bonchev–Trinajstić information content (AvgIpc) is 2.63. The molecule has 140 valence electrons. The summed E-state index contributed by atoms with van der Waals surface area (Å²) in [5.74, 6) is 2.25. The van der Waals surface area contributed by atoms with Crippen molar-refractivity contribution in [2.24, 2.45) is 5.92 Å². The molecule has 2 rings (SSSR count). The van der Waals surface area contributed by atoms with E-state index in [0.29, 0.717) is 17.6 Å². The molecule has 2 N–H and O–H groups in total. The summed E-state index contributed by atoms with van der Waals surface area (Å²) < 4.78 is 11.3. The second-order valence-corrected chi connectivity index (χ2v) is 6.94. The van der Waals surface area contributed by atoms with Crippen LogP contribution in [-0.4, -0.2) is 18.3 Å². The Morgan fingerprint density at radius 3 is 1.85 bits per heavy atom. The minimum Gasteiger partial charge on any atom is -0.494 e. The minimum absolute atomic E-state index is 0.507. The smallest absolute Gasteiger partial charge is 0.175 e. The Labute approximate surface area is 161 Å². The van der Waals surface area contributed by atoms with Crippen LogP contribution in [0.5, 0.6) is 11.5 Å². The van der Waals surface area contributed by atoms with Gasteiger partial charge in [0.05, 0.1) is 13.2 Å². The van der Waals surface area contributed by atoms with E-state index in [9.17, 15) is 0 Å². The van der Waals surface area contributed by atoms with Crippen LogP contribution in [0.4, 0.5) is 11.4 Å². The molecular formula is C21H28N2O2S. The molecule has 0 amide bonds. The molecule has 5 heteroatoms. The van der Waals surface area contributed by atoms with E-state index in [1.807, 2.05) is 48.5 Å². The molecule has 2 aromatic rings. The highest BCUT2D eigenvalue weighted by molar-refractivity contribution is 7.80. The Morgan fingerprint density at radius 2 is 1.38 bits per heavy atom. The van der Waals surface area contributed by atoms with E-state index in [0.717, 1.165) is 42.3 Å². The van der Waals surface area contributed by atoms with Crippen LogP contribution in [0.2, 0.25) is 0 Å². The van der Waals surface area contributed by atoms with Gasteiger partial charge in [0.2, 0.25) is 0 Å². The van der Waals surface area contributed by atoms with Crippen LogP contribution < -0.4 is 20.1 Å². The van der Waals surface area contributed by atoms with Gasteiger partial charge in [0.1, 0.15) is 11.5 Å². The molecule has 0 heterocycles. The number of thiocarbonyl (C=S) groups is 1. The molecule has 0 aliphatic rings. The predicted octanol–water partition coefficient (Wildman–Crippen LogP) is 5.71. The van der Waals surface area contributed by atoms with Gasteiger partial charge in [-0.25, -0.2) is 0 Å². The Balaban J connectivity index is 1.80. The Hall–Kier alpha value is -2.27. The number of rotatable bonds is 9. The van der Waals surface area contributed by atoms with Gasteiger partial charge < -0.3 is 20.1 Å². The summed E-state index contributed by atoms with van der Waals surface area (Å²) in [6.45, 7) is 7.87. The zero-order valence-electron chi connectivity index (χ0n) is 15.7. The molecule has 26 heavy (non-hydrogen) atoms. The molecule has 0 aliphatic carbocycles. The van der Waals surface area contributed by atoms with Crippen LogP contribution >= 0.6 is 12.2 Å². The highest BCUT2D eigenvalue weighted by atomic mass is 32.1. The number of ether oxygens (including phenoxy) is 2. The molecule has 0 unspecified atom stereocenters. The fraction of sp³-hybridized carbons (Fsp3) is 0.381. The van der Waals surface area contributed by atoms with Crippen LogP contribution in [-0.2, 0) is 0 Å². The van der Waals surface area contributed by atoms with E-state index in [1.165, 1.54) is 0 Å². The van der Waals surface area contributed by atoms with Crippen LogP contribution in [0, 0.1) is 5.92 Å². The first-order chi connectivity index (χ1) is 12.6. The normalized spacial score (nSPS) is 10.5. The average molecular weight is 373 g/mol. The second kappa shape index (κ2) is 10.7. The van der Waals surface area contributed by atoms with Crippen LogP contribution in [0.3, 0.4) is 0 Å². The van der Waals surface area contributed by atoms with Crippen LogP contribution in [0.1, 0.15) is 33.6 Å². The van der Waals surface area contributed by atoms with Gasteiger partial charge in [0, 0.05) is 11.4 Å². The number of unbranched alkanes of at least 4 members (excludes halogenated alkanes) is 1. The monoisotopic (exact) mass is 372 g/mol. The molecule has 0 fully saturated rings. The van der Waals surface area contributed by atoms with Gasteiger partial charge in [-0.05, 0) is 73.1 Å². The zero-order chi connectivity index (χ0) is 18.8. The van der Waals surface area contributed by atoms with Crippen molar-refractivity contribution in [3.63, 3.8) is 0 Å². The highest BCUT2D eigenvalue weighted by Gasteiger charge is 2.02. The van der Waals surface area contributed by atoms with Gasteiger partial charge in [0.15, 0.2) is 5.11 Å². The van der Waals surface area contributed by atoms with Gasteiger partial charge in [-0.3, -0.25) is 0 Å². The van der Waals surface area contributed by atoms with Gasteiger partial charge in [0.25, 0.3) is 0 Å². The molecule has 0 saturated carbocycles. The molecule has 4 nitrogen and oxygen atoms in total. The van der Waals surface area contributed by atoms with Gasteiger partial charge in [-0.15, -0.1) is 0 Å². The van der Waals surface area contributed by atoms with Crippen LogP contribution in [0.15, 0.2) is 48.5 Å². The first kappa shape index (κ1) is 20.0. The lowest BCUT2D eigenvalue weighted by Crippen LogP contribution is -2.18. The predicted molar refractivity (Wildman–Crippen MR) is 113 cm³/mol. The summed E-state index contributed by atoms with van der Waals surface area (Å²) in [6.07, 6.45) is 2.19. The standard InChI is InChI=1S/C21H28N2O2S/c1-4-5-14-24-19-10-6-17(7-11-19)22-21(26)23-18-8-12-20(13-9-18)25-15-16(2)3/h6-13,16H,4-5,14-15H2,1-3H3,(H2,22,23,26). The second-order valence-electron chi connectivity index (χ2n) is 6.53. The lowest BCUT2D eigenvalue weighted by atomic mass is 10.2. The number of nitrogens with one attached hydrogen (secondary N) is 2. The van der Waals surface area contributed by atoms with E-state index < -0.39 is 0 Å². The molecule has 0 aliphatic heterocycles. The maximum absolute atomic E-state index is 5.68. The number of benzene rings is 2. The van der Waals surface area contributed by atoms with Crippen LogP contribution in [0.25, 0.3) is 0 Å². The Kier molecular flexibility index (Phi) is 8.22. The first-order valence-corrected chi connectivity index (χ1v) is 9.51. The number of anilines is 2. The summed E-state index contributed by atoms with van der Waals surface area (Å²) in [4.78, 5) is 0. The first-order valence-electron chi connectivity index (χ1n) is 9.10. The summed E-state index contributed by atoms with van der Waals surface area (Å²) in [5.41, 5.74) is 1.83. The van der Waals surface area contributed by atoms with Crippen molar-refractivity contribution < 1.29 is 9.47 Å². The lowest BCUT2D eigenvalue weighted by molar-refractivity contribution is 0.271. The SMILES string of the molecule is CCCCOc1ccc(NC(=S)Nc2ccc(OCC(C)C)cc2)cc1. The molecule has 0 bridgehead atoms. The van der Waals surface area contributed by atoms with Crippen molar-refractivity contribution >= 4 is 28.7 Å². The van der Waals surface area contributed by atoms with Gasteiger partial charge >= 0.3 is 0 Å². The largest absolute Gasteiger partial charge is 0.494 e. The summed E-state index contributed by atoms with van der Waals surface area (Å²) >= 11 is 5.37. The van der Waals surface area contributed by atoms with Crippen molar-refractivity contribution in [1.82, 2.24) is 0 Å². The molecule has 2 aromatic carbocycles. The third kappa shape index (κ3) is 7.31. The molecular weight excluding hydrogens is 344 g/mol. The number of hydrogen-bond donors (Lipinski definition) is 2. The quantitative estimate of drug-likeness (QED) is 0.436. The third-order valence-corrected chi connectivity index (χ3v) is 3.78. The van der Waals surface area contributed by atoms with E-state index in [1.54, 1.807) is 0 Å². The van der Waals surface area contributed by atoms with Crippen molar-refractivity contribution in [2.45, 2.75) is 33.6 Å². The summed E-state index contributed by atoms with van der Waals surface area (Å²) in [6, 6.07) is 15.6. The summed E-state index contributed by atoms with van der Waals surface area (Å²) in [7, 11) is 0. The highest BCUT2D eigenvalue weighted by Crippen LogP contribution is 2.18. The maximum atomic E-state index is 5.68. The van der Waals surface area contributed by atoms with Crippen molar-refractivity contribution in [1.29, 1.82) is 0 Å². The molecule has 0 radical (unpaired) electrons. The van der Waals surface area contributed by atoms with E-state index in [2.05, 4.69) is 31.4 Å². The topological polar surface area (TPSA) is 42.5 Å². The van der Waals surface area contributed by atoms with E-state index in [-0.39, 0.29) is 0 Å². The molecule has 0 atom stereocenters. The minimum atomic E-state index is 0.507. The Bertz CT molecular complexity index is 669. The fourth-order valence-corrected chi connectivity index (χ4v) is 2.40. The third-order valence-electron chi connectivity index (χ3n) is 3.57. The molecule has 0 saturated heterocycles. The maximum Gasteiger partial charge on any atom is 0.175 e. The molecule has 0 spiro atoms. The van der Waals surface area contributed by atoms with E-state index in [4.69, 9.17) is 21.7 Å². The van der Waals surface area contributed by atoms with Crippen molar-refractivity contribution in [3.05, 3.63) is 48.5 Å². The van der Waals surface area contributed by atoms with E-state index >= 15 is 0 Å². The lowest BCUT2D eigenvalue weighted by Gasteiger charge is -2.13. The van der Waals surface area contributed by atoms with Gasteiger partial charge in [-0.2, -0.15) is 0 Å². The zero-order valence-corrected chi connectivity index (χ0v) is 16.6. The van der Waals surface area contributed by atoms with Crippen molar-refractivity contribution in [2.75, 3.05) is 23.8 Å². The fourth-order valence-electron chi connectivity index (χ4n) is 2.16. The Morgan fingerprint density at radius 1 is 0.885 bits per heavy atom. The summed E-state index contributed by atoms with van der Waals surface area (Å²) in [5, 5.41) is 6.89. The molecule has 0 aromatic heterocycles.